The Hall–Kier alpha value is -6.25. The number of nitrogens with zero attached hydrogens (tertiary/aromatic N) is 10. The molecular formula is C47H55N13O6. The fourth-order valence-electron chi connectivity index (χ4n) is 9.23. The van der Waals surface area contributed by atoms with Crippen molar-refractivity contribution < 1.29 is 28.9 Å². The third kappa shape index (κ3) is 9.00. The number of nitrogens with one attached hydrogen (secondary N) is 3. The number of benzene rings is 2. The Labute approximate surface area is 380 Å². The SMILES string of the molecule is CNCC(O)COc1cccc(-c2nc(NCc3cc(CC4CC4n4ncc5c(N6CC7CCC(C6)O7)nc(-c6cccc(OCC(O)CNC)c6)nc54)on3)c3cnn(C4CC4)c3n2)c1. The average molecular weight is 898 g/mol. The highest BCUT2D eigenvalue weighted by Crippen LogP contribution is 2.47. The molecule has 11 rings (SSSR count). The summed E-state index contributed by atoms with van der Waals surface area (Å²) in [4.78, 5) is 22.6. The van der Waals surface area contributed by atoms with Crippen LogP contribution in [0.1, 0.15) is 55.6 Å². The van der Waals surface area contributed by atoms with Crippen LogP contribution in [-0.4, -0.2) is 133 Å². The van der Waals surface area contributed by atoms with Crippen molar-refractivity contribution in [1.82, 2.24) is 55.3 Å². The van der Waals surface area contributed by atoms with Crippen LogP contribution < -0.4 is 30.3 Å². The van der Waals surface area contributed by atoms with Crippen molar-refractivity contribution in [2.45, 2.75) is 81.6 Å². The zero-order chi connectivity index (χ0) is 44.7. The van der Waals surface area contributed by atoms with E-state index in [4.69, 9.17) is 48.9 Å². The number of aliphatic hydroxyl groups excluding tert-OH is 2. The minimum absolute atomic E-state index is 0.132. The van der Waals surface area contributed by atoms with E-state index in [0.29, 0.717) is 61.1 Å². The predicted octanol–water partition coefficient (Wildman–Crippen LogP) is 4.32. The lowest BCUT2D eigenvalue weighted by Gasteiger charge is -2.33. The summed E-state index contributed by atoms with van der Waals surface area (Å²) >= 11 is 0. The van der Waals surface area contributed by atoms with Crippen LogP contribution in [0.2, 0.25) is 0 Å². The van der Waals surface area contributed by atoms with Gasteiger partial charge in [0.2, 0.25) is 0 Å². The van der Waals surface area contributed by atoms with Crippen molar-refractivity contribution in [3.63, 3.8) is 0 Å². The molecule has 2 bridgehead atoms. The van der Waals surface area contributed by atoms with Crippen LogP contribution in [0.15, 0.2) is 71.5 Å². The van der Waals surface area contributed by atoms with Gasteiger partial charge in [-0.25, -0.2) is 29.3 Å². The maximum Gasteiger partial charge on any atom is 0.164 e. The highest BCUT2D eigenvalue weighted by Gasteiger charge is 2.42. The first-order chi connectivity index (χ1) is 32.3. The molecule has 7 heterocycles. The minimum Gasteiger partial charge on any atom is -0.491 e. The van der Waals surface area contributed by atoms with Gasteiger partial charge < -0.3 is 49.8 Å². The number of anilines is 2. The number of rotatable bonds is 20. The number of hydrogen-bond acceptors (Lipinski definition) is 17. The van der Waals surface area contributed by atoms with E-state index in [9.17, 15) is 10.2 Å². The number of morpholine rings is 1. The molecule has 344 valence electrons. The highest BCUT2D eigenvalue weighted by atomic mass is 16.5. The molecule has 0 amide bonds. The standard InChI is InChI=1S/C47H55N13O6/c1-48-19-32(61)25-63-34-7-3-5-27(13-34)42-53-44(39-21-51-59(31-9-10-31)46(39)55-42)50-18-30-17-38(66-57-30)15-29-16-41(29)60-47-40(22-52-60)45(58-23-36-11-12-37(24-58)65-36)54-43(56-47)28-6-4-8-35(14-28)64-26-33(62)20-49-2/h3-8,13-14,17,21-22,29,31-33,36-37,41,48-49,61-62H,9-12,15-16,18-20,23-26H2,1-2H3,(H,50,53,55). The van der Waals surface area contributed by atoms with E-state index in [2.05, 4.69) is 30.7 Å². The monoisotopic (exact) mass is 897 g/mol. The van der Waals surface area contributed by atoms with Gasteiger partial charge >= 0.3 is 0 Å². The van der Waals surface area contributed by atoms with Gasteiger partial charge in [0.05, 0.1) is 54.0 Å². The summed E-state index contributed by atoms with van der Waals surface area (Å²) in [5.74, 6) is 5.01. The van der Waals surface area contributed by atoms with E-state index in [1.165, 1.54) is 0 Å². The van der Waals surface area contributed by atoms with Gasteiger partial charge in [0.15, 0.2) is 22.9 Å². The molecule has 19 heteroatoms. The molecule has 6 unspecified atom stereocenters. The average Bonchev–Trinajstić information content (AvgIpc) is 4.10. The van der Waals surface area contributed by atoms with Crippen molar-refractivity contribution in [2.75, 3.05) is 63.7 Å². The zero-order valence-electron chi connectivity index (χ0n) is 37.1. The van der Waals surface area contributed by atoms with Gasteiger partial charge in [-0.05, 0) is 76.4 Å². The summed E-state index contributed by atoms with van der Waals surface area (Å²) in [7, 11) is 3.59. The van der Waals surface area contributed by atoms with Crippen LogP contribution >= 0.6 is 0 Å². The Bertz CT molecular complexity index is 2810. The second-order valence-electron chi connectivity index (χ2n) is 18.0. The van der Waals surface area contributed by atoms with E-state index in [-0.39, 0.29) is 37.4 Å². The molecule has 7 aromatic rings. The van der Waals surface area contributed by atoms with Gasteiger partial charge in [0, 0.05) is 49.8 Å². The molecule has 2 aliphatic heterocycles. The van der Waals surface area contributed by atoms with E-state index < -0.39 is 12.2 Å². The maximum atomic E-state index is 10.3. The summed E-state index contributed by atoms with van der Waals surface area (Å²) in [6.07, 6.45) is 8.73. The molecule has 2 saturated heterocycles. The Morgan fingerprint density at radius 2 is 1.39 bits per heavy atom. The normalized spacial score (nSPS) is 21.1. The lowest BCUT2D eigenvalue weighted by molar-refractivity contribution is 0.0303. The fraction of sp³-hybridized carbons (Fsp3) is 0.468. The predicted molar refractivity (Wildman–Crippen MR) is 245 cm³/mol. The molecule has 19 nitrogen and oxygen atoms in total. The van der Waals surface area contributed by atoms with Crippen molar-refractivity contribution >= 4 is 33.7 Å². The molecule has 0 radical (unpaired) electrons. The van der Waals surface area contributed by atoms with Crippen LogP contribution in [0.4, 0.5) is 11.6 Å². The third-order valence-electron chi connectivity index (χ3n) is 12.8. The maximum absolute atomic E-state index is 10.3. The molecule has 66 heavy (non-hydrogen) atoms. The van der Waals surface area contributed by atoms with Gasteiger partial charge in [0.1, 0.15) is 60.0 Å². The van der Waals surface area contributed by atoms with Crippen molar-refractivity contribution in [1.29, 1.82) is 0 Å². The topological polar surface area (TPSA) is 221 Å². The second-order valence-corrected chi connectivity index (χ2v) is 18.0. The molecule has 5 N–H and O–H groups in total. The van der Waals surface area contributed by atoms with Gasteiger partial charge in [-0.1, -0.05) is 29.4 Å². The second kappa shape index (κ2) is 18.2. The minimum atomic E-state index is -0.629. The molecule has 5 aromatic heterocycles. The van der Waals surface area contributed by atoms with Gasteiger partial charge in [-0.3, -0.25) is 0 Å². The van der Waals surface area contributed by atoms with Crippen molar-refractivity contribution in [3.8, 4) is 34.3 Å². The van der Waals surface area contributed by atoms with Crippen LogP contribution in [0, 0.1) is 5.92 Å². The number of aromatic nitrogens is 9. The van der Waals surface area contributed by atoms with Crippen LogP contribution in [-0.2, 0) is 17.7 Å². The number of likely N-dealkylation sites (N-methyl/N-ethyl adjacent to an activating group) is 2. The fourth-order valence-corrected chi connectivity index (χ4v) is 9.23. The van der Waals surface area contributed by atoms with Gasteiger partial charge in [-0.2, -0.15) is 10.2 Å². The lowest BCUT2D eigenvalue weighted by Crippen LogP contribution is -2.43. The Balaban J connectivity index is 0.805. The van der Waals surface area contributed by atoms with E-state index in [1.807, 2.05) is 71.7 Å². The third-order valence-corrected chi connectivity index (χ3v) is 12.8. The molecule has 6 atom stereocenters. The summed E-state index contributed by atoms with van der Waals surface area (Å²) in [5, 5.41) is 45.7. The number of aliphatic hydroxyl groups is 2. The highest BCUT2D eigenvalue weighted by molar-refractivity contribution is 5.90. The largest absolute Gasteiger partial charge is 0.491 e. The zero-order valence-corrected chi connectivity index (χ0v) is 37.1. The Morgan fingerprint density at radius 1 is 0.758 bits per heavy atom. The lowest BCUT2D eigenvalue weighted by atomic mass is 10.2. The quantitative estimate of drug-likeness (QED) is 0.0719. The molecule has 2 aromatic carbocycles. The number of ether oxygens (including phenoxy) is 3. The first-order valence-electron chi connectivity index (χ1n) is 23.1. The molecule has 4 fully saturated rings. The first kappa shape index (κ1) is 42.4. The van der Waals surface area contributed by atoms with Crippen LogP contribution in [0.25, 0.3) is 44.8 Å². The molecule has 2 saturated carbocycles. The molecule has 0 spiro atoms. The summed E-state index contributed by atoms with van der Waals surface area (Å²) in [6, 6.07) is 17.8. The van der Waals surface area contributed by atoms with Crippen molar-refractivity contribution in [2.24, 2.45) is 5.92 Å². The van der Waals surface area contributed by atoms with E-state index >= 15 is 0 Å². The smallest absolute Gasteiger partial charge is 0.164 e. The first-order valence-corrected chi connectivity index (χ1v) is 23.1. The molecule has 4 aliphatic rings. The van der Waals surface area contributed by atoms with Crippen LogP contribution in [0.5, 0.6) is 11.5 Å². The summed E-state index contributed by atoms with van der Waals surface area (Å²) in [6.45, 7) is 3.14. The summed E-state index contributed by atoms with van der Waals surface area (Å²) < 4.78 is 28.1. The van der Waals surface area contributed by atoms with Crippen molar-refractivity contribution in [3.05, 3.63) is 78.4 Å². The Kier molecular flexibility index (Phi) is 11.7. The molecule has 2 aliphatic carbocycles. The Morgan fingerprint density at radius 3 is 2.06 bits per heavy atom. The summed E-state index contributed by atoms with van der Waals surface area (Å²) in [5.41, 5.74) is 3.94. The van der Waals surface area contributed by atoms with Gasteiger partial charge in [0.25, 0.3) is 0 Å². The van der Waals surface area contributed by atoms with E-state index in [0.717, 1.165) is 95.7 Å². The molecular weight excluding hydrogens is 843 g/mol. The van der Waals surface area contributed by atoms with Crippen LogP contribution in [0.3, 0.4) is 0 Å². The number of hydrogen-bond donors (Lipinski definition) is 5. The van der Waals surface area contributed by atoms with Gasteiger partial charge in [-0.15, -0.1) is 0 Å². The van der Waals surface area contributed by atoms with E-state index in [1.54, 1.807) is 14.1 Å². The number of fused-ring (bicyclic) bond motifs is 4.